The molecule has 5 heteroatoms. The molecule has 3 aliphatic rings. The summed E-state index contributed by atoms with van der Waals surface area (Å²) in [5.41, 5.74) is 0.114. The maximum atomic E-state index is 13.1. The van der Waals surface area contributed by atoms with Crippen LogP contribution in [0.25, 0.3) is 0 Å². The van der Waals surface area contributed by atoms with E-state index < -0.39 is 11.7 Å². The van der Waals surface area contributed by atoms with Crippen molar-refractivity contribution in [3.8, 4) is 0 Å². The second-order valence-electron chi connectivity index (χ2n) is 6.66. The fourth-order valence-corrected chi connectivity index (χ4v) is 4.82. The number of alkyl halides is 3. The molecular weight excluding hydrogens is 311 g/mol. The molecule has 2 bridgehead atoms. The van der Waals surface area contributed by atoms with Crippen molar-refractivity contribution in [2.45, 2.75) is 37.8 Å². The second-order valence-corrected chi connectivity index (χ2v) is 7.07. The highest BCUT2D eigenvalue weighted by Gasteiger charge is 2.44. The minimum Gasteiger partial charge on any atom is -0.319 e. The maximum Gasteiger partial charge on any atom is 0.417 e. The molecule has 3 aliphatic carbocycles. The predicted molar refractivity (Wildman–Crippen MR) is 82.1 cm³/mol. The molecule has 0 amide bonds. The number of benzene rings is 1. The summed E-state index contributed by atoms with van der Waals surface area (Å²) < 4.78 is 39.4. The summed E-state index contributed by atoms with van der Waals surface area (Å²) in [7, 11) is 1.92. The van der Waals surface area contributed by atoms with Crippen molar-refractivity contribution in [2.24, 2.45) is 17.8 Å². The zero-order chi connectivity index (χ0) is 15.9. The number of rotatable bonds is 3. The van der Waals surface area contributed by atoms with E-state index >= 15 is 0 Å². The topological polar surface area (TPSA) is 12.0 Å². The molecule has 2 atom stereocenters. The van der Waals surface area contributed by atoms with Gasteiger partial charge in [-0.3, -0.25) is 0 Å². The van der Waals surface area contributed by atoms with Crippen LogP contribution in [0.5, 0.6) is 0 Å². The number of fused-ring (bicyclic) bond motifs is 3. The fourth-order valence-electron chi connectivity index (χ4n) is 4.59. The highest BCUT2D eigenvalue weighted by atomic mass is 35.5. The van der Waals surface area contributed by atoms with Crippen LogP contribution in [0.1, 0.15) is 42.7 Å². The first-order valence-corrected chi connectivity index (χ1v) is 8.31. The van der Waals surface area contributed by atoms with Crippen molar-refractivity contribution in [3.63, 3.8) is 0 Å². The normalized spacial score (nSPS) is 31.5. The number of hydrogen-bond donors (Lipinski definition) is 1. The van der Waals surface area contributed by atoms with Crippen molar-refractivity contribution >= 4 is 11.6 Å². The van der Waals surface area contributed by atoms with E-state index in [0.717, 1.165) is 24.9 Å². The summed E-state index contributed by atoms with van der Waals surface area (Å²) in [6, 6.07) is 4.50. The van der Waals surface area contributed by atoms with E-state index in [4.69, 9.17) is 11.6 Å². The van der Waals surface area contributed by atoms with E-state index in [1.54, 1.807) is 6.07 Å². The lowest BCUT2D eigenvalue weighted by molar-refractivity contribution is -0.137. The van der Waals surface area contributed by atoms with Gasteiger partial charge in [-0.1, -0.05) is 17.7 Å². The number of hydrogen-bond acceptors (Lipinski definition) is 1. The highest BCUT2D eigenvalue weighted by molar-refractivity contribution is 6.31. The molecule has 0 heterocycles. The molecule has 122 valence electrons. The lowest BCUT2D eigenvalue weighted by atomic mass is 9.57. The first-order chi connectivity index (χ1) is 10.4. The Morgan fingerprint density at radius 2 is 1.77 bits per heavy atom. The van der Waals surface area contributed by atoms with Crippen LogP contribution >= 0.6 is 11.6 Å². The van der Waals surface area contributed by atoms with Gasteiger partial charge in [-0.05, 0) is 80.6 Å². The molecule has 0 aliphatic heterocycles. The SMILES string of the molecule is CNCC1C2CCC(CC2)C1c1ccc(Cl)c(C(F)(F)F)c1. The average Bonchev–Trinajstić information content (AvgIpc) is 2.48. The monoisotopic (exact) mass is 331 g/mol. The van der Waals surface area contributed by atoms with Gasteiger partial charge in [0.2, 0.25) is 0 Å². The third-order valence-corrected chi connectivity index (χ3v) is 5.84. The first kappa shape index (κ1) is 16.1. The van der Waals surface area contributed by atoms with Crippen molar-refractivity contribution in [3.05, 3.63) is 34.3 Å². The molecule has 3 fully saturated rings. The molecule has 0 spiro atoms. The molecule has 0 saturated heterocycles. The largest absolute Gasteiger partial charge is 0.417 e. The van der Waals surface area contributed by atoms with Gasteiger partial charge in [-0.25, -0.2) is 0 Å². The van der Waals surface area contributed by atoms with Gasteiger partial charge in [-0.15, -0.1) is 0 Å². The molecular formula is C17H21ClF3N. The molecule has 1 aromatic carbocycles. The molecule has 2 unspecified atom stereocenters. The molecule has 0 aromatic heterocycles. The first-order valence-electron chi connectivity index (χ1n) is 7.93. The third kappa shape index (κ3) is 2.88. The van der Waals surface area contributed by atoms with Gasteiger partial charge in [0.15, 0.2) is 0 Å². The van der Waals surface area contributed by atoms with Gasteiger partial charge in [0.05, 0.1) is 10.6 Å². The molecule has 4 rings (SSSR count). The second kappa shape index (κ2) is 6.04. The summed E-state index contributed by atoms with van der Waals surface area (Å²) in [4.78, 5) is 0. The lowest BCUT2D eigenvalue weighted by Crippen LogP contribution is -2.42. The predicted octanol–water partition coefficient (Wildman–Crippen LogP) is 5.10. The summed E-state index contributed by atoms with van der Waals surface area (Å²) in [5.74, 6) is 1.79. The van der Waals surface area contributed by atoms with Crippen LogP contribution in [0.3, 0.4) is 0 Å². The third-order valence-electron chi connectivity index (χ3n) is 5.51. The minimum absolute atomic E-state index is 0.206. The average molecular weight is 332 g/mol. The lowest BCUT2D eigenvalue weighted by Gasteiger charge is -2.49. The van der Waals surface area contributed by atoms with Crippen LogP contribution in [-0.4, -0.2) is 13.6 Å². The van der Waals surface area contributed by atoms with E-state index in [0.29, 0.717) is 17.8 Å². The van der Waals surface area contributed by atoms with Crippen molar-refractivity contribution in [1.29, 1.82) is 0 Å². The van der Waals surface area contributed by atoms with E-state index in [1.165, 1.54) is 25.0 Å². The Hall–Kier alpha value is -0.740. The molecule has 1 aromatic rings. The van der Waals surface area contributed by atoms with Gasteiger partial charge in [0.1, 0.15) is 0 Å². The molecule has 1 N–H and O–H groups in total. The number of halogens is 4. The van der Waals surface area contributed by atoms with Gasteiger partial charge in [-0.2, -0.15) is 13.2 Å². The summed E-state index contributed by atoms with van der Waals surface area (Å²) >= 11 is 5.76. The number of nitrogens with one attached hydrogen (secondary N) is 1. The Morgan fingerprint density at radius 1 is 1.14 bits per heavy atom. The summed E-state index contributed by atoms with van der Waals surface area (Å²) in [5, 5.41) is 3.02. The van der Waals surface area contributed by atoms with Gasteiger partial charge in [0, 0.05) is 0 Å². The smallest absolute Gasteiger partial charge is 0.319 e. The fraction of sp³-hybridized carbons (Fsp3) is 0.647. The van der Waals surface area contributed by atoms with Crippen molar-refractivity contribution in [1.82, 2.24) is 5.32 Å². The van der Waals surface area contributed by atoms with Crippen LogP contribution in [0.2, 0.25) is 5.02 Å². The van der Waals surface area contributed by atoms with Gasteiger partial charge < -0.3 is 5.32 Å². The van der Waals surface area contributed by atoms with Crippen LogP contribution in [0.15, 0.2) is 18.2 Å². The standard InChI is InChI=1S/C17H21ClF3N/c1-22-9-13-10-2-4-11(5-3-10)16(13)12-6-7-15(18)14(8-12)17(19,20)21/h6-8,10-11,13,16,22H,2-5,9H2,1H3. The highest BCUT2D eigenvalue weighted by Crippen LogP contribution is 2.53. The summed E-state index contributed by atoms with van der Waals surface area (Å²) in [6.07, 6.45) is 0.318. The summed E-state index contributed by atoms with van der Waals surface area (Å²) in [6.45, 7) is 0.871. The van der Waals surface area contributed by atoms with Crippen LogP contribution in [0.4, 0.5) is 13.2 Å². The quantitative estimate of drug-likeness (QED) is 0.812. The Bertz CT molecular complexity index is 535. The Kier molecular flexibility index (Phi) is 4.43. The Morgan fingerprint density at radius 3 is 2.36 bits per heavy atom. The van der Waals surface area contributed by atoms with Crippen LogP contribution < -0.4 is 5.32 Å². The molecule has 1 nitrogen and oxygen atoms in total. The minimum atomic E-state index is -4.39. The van der Waals surface area contributed by atoms with Gasteiger partial charge >= 0.3 is 6.18 Å². The van der Waals surface area contributed by atoms with E-state index in [1.807, 2.05) is 7.05 Å². The maximum absolute atomic E-state index is 13.1. The molecule has 22 heavy (non-hydrogen) atoms. The van der Waals surface area contributed by atoms with E-state index in [9.17, 15) is 13.2 Å². The van der Waals surface area contributed by atoms with Crippen molar-refractivity contribution < 1.29 is 13.2 Å². The van der Waals surface area contributed by atoms with E-state index in [2.05, 4.69) is 5.32 Å². The van der Waals surface area contributed by atoms with Crippen molar-refractivity contribution in [2.75, 3.05) is 13.6 Å². The zero-order valence-corrected chi connectivity index (χ0v) is 13.3. The molecule has 0 radical (unpaired) electrons. The van der Waals surface area contributed by atoms with Crippen LogP contribution in [0, 0.1) is 17.8 Å². The molecule has 3 saturated carbocycles. The van der Waals surface area contributed by atoms with Gasteiger partial charge in [0.25, 0.3) is 0 Å². The van der Waals surface area contributed by atoms with E-state index in [-0.39, 0.29) is 10.9 Å². The zero-order valence-electron chi connectivity index (χ0n) is 12.6. The Balaban J connectivity index is 1.98. The Labute approximate surface area is 134 Å². The van der Waals surface area contributed by atoms with Crippen LogP contribution in [-0.2, 0) is 6.18 Å².